The molecule has 0 bridgehead atoms. The van der Waals surface area contributed by atoms with E-state index in [0.29, 0.717) is 16.9 Å². The third kappa shape index (κ3) is 3.39. The van der Waals surface area contributed by atoms with Crippen LogP contribution in [-0.4, -0.2) is 46.4 Å². The lowest BCUT2D eigenvalue weighted by Gasteiger charge is -2.23. The van der Waals surface area contributed by atoms with Crippen LogP contribution in [0.15, 0.2) is 60.2 Å². The monoisotopic (exact) mass is 367 g/mol. The maximum atomic E-state index is 12.6. The predicted octanol–water partition coefficient (Wildman–Crippen LogP) is 2.20. The number of carboxylic acid groups (broad SMARTS) is 1. The number of aliphatic hydroxyl groups is 1. The zero-order valence-corrected chi connectivity index (χ0v) is 14.5. The number of ether oxygens (including phenoxy) is 1. The summed E-state index contributed by atoms with van der Waals surface area (Å²) in [6.07, 6.45) is 0. The van der Waals surface area contributed by atoms with Crippen molar-refractivity contribution < 1.29 is 29.3 Å². The van der Waals surface area contributed by atoms with Crippen molar-refractivity contribution in [3.05, 3.63) is 71.3 Å². The summed E-state index contributed by atoms with van der Waals surface area (Å²) in [4.78, 5) is 37.2. The highest BCUT2D eigenvalue weighted by Gasteiger charge is 2.46. The summed E-state index contributed by atoms with van der Waals surface area (Å²) in [5.74, 6) is -2.91. The Kier molecular flexibility index (Phi) is 4.94. The zero-order chi connectivity index (χ0) is 19.6. The second-order valence-electron chi connectivity index (χ2n) is 5.96. The molecule has 7 nitrogen and oxygen atoms in total. The highest BCUT2D eigenvalue weighted by atomic mass is 16.5. The van der Waals surface area contributed by atoms with Gasteiger partial charge in [0.25, 0.3) is 11.7 Å². The Morgan fingerprint density at radius 3 is 2.22 bits per heavy atom. The number of aliphatic carboxylic acids is 1. The molecule has 0 aromatic heterocycles. The fourth-order valence-electron chi connectivity index (χ4n) is 3.07. The van der Waals surface area contributed by atoms with E-state index >= 15 is 0 Å². The number of hydrogen-bond acceptors (Lipinski definition) is 5. The molecule has 1 atom stereocenters. The number of carbonyl (C=O) groups is 3. The molecule has 2 aromatic rings. The van der Waals surface area contributed by atoms with Gasteiger partial charge in [-0.15, -0.1) is 0 Å². The normalized spacial score (nSPS) is 18.6. The van der Waals surface area contributed by atoms with Crippen molar-refractivity contribution in [2.24, 2.45) is 0 Å². The largest absolute Gasteiger partial charge is 0.507 e. The van der Waals surface area contributed by atoms with Crippen LogP contribution in [0.25, 0.3) is 5.76 Å². The molecule has 1 aliphatic rings. The molecule has 2 aromatic carbocycles. The Bertz CT molecular complexity index is 917. The molecule has 1 aliphatic heterocycles. The van der Waals surface area contributed by atoms with Gasteiger partial charge in [0, 0.05) is 5.56 Å². The SMILES string of the molecule is COc1ccc([C@H]2C(=C(O)c3ccccc3)C(=O)C(=O)N2CC(=O)O)cc1. The number of aliphatic hydroxyl groups excluding tert-OH is 1. The molecule has 7 heteroatoms. The third-order valence-electron chi connectivity index (χ3n) is 4.32. The predicted molar refractivity (Wildman–Crippen MR) is 96.1 cm³/mol. The second-order valence-corrected chi connectivity index (χ2v) is 5.96. The maximum Gasteiger partial charge on any atom is 0.323 e. The molecule has 1 saturated heterocycles. The summed E-state index contributed by atoms with van der Waals surface area (Å²) >= 11 is 0. The van der Waals surface area contributed by atoms with Crippen LogP contribution in [0.5, 0.6) is 5.75 Å². The molecule has 1 fully saturated rings. The van der Waals surface area contributed by atoms with Crippen molar-refractivity contribution in [3.63, 3.8) is 0 Å². The summed E-state index contributed by atoms with van der Waals surface area (Å²) < 4.78 is 5.11. The molecule has 0 unspecified atom stereocenters. The average molecular weight is 367 g/mol. The van der Waals surface area contributed by atoms with Crippen LogP contribution >= 0.6 is 0 Å². The minimum absolute atomic E-state index is 0.141. The standard InChI is InChI=1S/C20H17NO6/c1-27-14-9-7-12(8-10-14)17-16(18(24)13-5-3-2-4-6-13)19(25)20(26)21(17)11-15(22)23/h2-10,17,24H,11H2,1H3,(H,22,23)/t17-/m0/s1. The van der Waals surface area contributed by atoms with Crippen molar-refractivity contribution in [2.75, 3.05) is 13.7 Å². The quantitative estimate of drug-likeness (QED) is 0.477. The summed E-state index contributed by atoms with van der Waals surface area (Å²) in [6, 6.07) is 13.8. The second kappa shape index (κ2) is 7.33. The molecule has 0 aliphatic carbocycles. The van der Waals surface area contributed by atoms with Gasteiger partial charge in [-0.05, 0) is 17.7 Å². The Morgan fingerprint density at radius 2 is 1.67 bits per heavy atom. The van der Waals surface area contributed by atoms with Crippen LogP contribution in [0.3, 0.4) is 0 Å². The van der Waals surface area contributed by atoms with E-state index in [4.69, 9.17) is 9.84 Å². The highest BCUT2D eigenvalue weighted by Crippen LogP contribution is 2.39. The topological polar surface area (TPSA) is 104 Å². The van der Waals surface area contributed by atoms with Gasteiger partial charge in [0.15, 0.2) is 0 Å². The van der Waals surface area contributed by atoms with Gasteiger partial charge >= 0.3 is 5.97 Å². The molecule has 0 saturated carbocycles. The van der Waals surface area contributed by atoms with E-state index in [9.17, 15) is 19.5 Å². The molecule has 2 N–H and O–H groups in total. The summed E-state index contributed by atoms with van der Waals surface area (Å²) in [5, 5.41) is 19.9. The molecule has 1 amide bonds. The van der Waals surface area contributed by atoms with E-state index < -0.39 is 30.2 Å². The molecular weight excluding hydrogens is 350 g/mol. The number of ketones is 1. The number of methoxy groups -OCH3 is 1. The van der Waals surface area contributed by atoms with Crippen molar-refractivity contribution in [2.45, 2.75) is 6.04 Å². The minimum Gasteiger partial charge on any atom is -0.507 e. The van der Waals surface area contributed by atoms with Gasteiger partial charge < -0.3 is 19.8 Å². The fourth-order valence-corrected chi connectivity index (χ4v) is 3.07. The van der Waals surface area contributed by atoms with Crippen molar-refractivity contribution in [1.82, 2.24) is 4.90 Å². The van der Waals surface area contributed by atoms with Gasteiger partial charge in [-0.25, -0.2) is 0 Å². The zero-order valence-electron chi connectivity index (χ0n) is 14.5. The first kappa shape index (κ1) is 18.2. The maximum absolute atomic E-state index is 12.6. The van der Waals surface area contributed by atoms with E-state index in [1.807, 2.05) is 0 Å². The summed E-state index contributed by atoms with van der Waals surface area (Å²) in [5.41, 5.74) is 0.718. The third-order valence-corrected chi connectivity index (χ3v) is 4.32. The van der Waals surface area contributed by atoms with Gasteiger partial charge in [-0.1, -0.05) is 42.5 Å². The molecule has 0 spiro atoms. The van der Waals surface area contributed by atoms with Crippen molar-refractivity contribution >= 4 is 23.4 Å². The number of benzene rings is 2. The first-order valence-electron chi connectivity index (χ1n) is 8.13. The van der Waals surface area contributed by atoms with Crippen LogP contribution in [0.2, 0.25) is 0 Å². The number of nitrogens with zero attached hydrogens (tertiary/aromatic N) is 1. The van der Waals surface area contributed by atoms with E-state index in [1.54, 1.807) is 54.6 Å². The number of carboxylic acids is 1. The fraction of sp³-hybridized carbons (Fsp3) is 0.150. The number of Topliss-reactive ketones (excluding diaryl/α,β-unsaturated/α-hetero) is 1. The Morgan fingerprint density at radius 1 is 1.04 bits per heavy atom. The average Bonchev–Trinajstić information content (AvgIpc) is 2.92. The summed E-state index contributed by atoms with van der Waals surface area (Å²) in [7, 11) is 1.50. The van der Waals surface area contributed by atoms with Gasteiger partial charge in [0.2, 0.25) is 0 Å². The highest BCUT2D eigenvalue weighted by molar-refractivity contribution is 6.46. The smallest absolute Gasteiger partial charge is 0.323 e. The van der Waals surface area contributed by atoms with Crippen LogP contribution in [0.1, 0.15) is 17.2 Å². The number of carbonyl (C=O) groups excluding carboxylic acids is 2. The Labute approximate surface area is 155 Å². The van der Waals surface area contributed by atoms with Crippen LogP contribution in [-0.2, 0) is 14.4 Å². The van der Waals surface area contributed by atoms with Crippen molar-refractivity contribution in [3.8, 4) is 5.75 Å². The summed E-state index contributed by atoms with van der Waals surface area (Å²) in [6.45, 7) is -0.660. The van der Waals surface area contributed by atoms with E-state index in [1.165, 1.54) is 7.11 Å². The van der Waals surface area contributed by atoms with Gasteiger partial charge in [0.1, 0.15) is 18.1 Å². The lowest BCUT2D eigenvalue weighted by molar-refractivity contribution is -0.146. The lowest BCUT2D eigenvalue weighted by Crippen LogP contribution is -2.34. The van der Waals surface area contributed by atoms with Crippen molar-refractivity contribution in [1.29, 1.82) is 0 Å². The van der Waals surface area contributed by atoms with Gasteiger partial charge in [0.05, 0.1) is 18.7 Å². The Balaban J connectivity index is 2.17. The van der Waals surface area contributed by atoms with E-state index in [2.05, 4.69) is 0 Å². The molecule has 0 radical (unpaired) electrons. The van der Waals surface area contributed by atoms with Crippen LogP contribution < -0.4 is 4.74 Å². The molecule has 3 rings (SSSR count). The number of amides is 1. The number of likely N-dealkylation sites (tertiary alicyclic amines) is 1. The molecule has 27 heavy (non-hydrogen) atoms. The minimum atomic E-state index is -1.25. The van der Waals surface area contributed by atoms with E-state index in [-0.39, 0.29) is 11.3 Å². The number of rotatable bonds is 5. The van der Waals surface area contributed by atoms with Crippen LogP contribution in [0.4, 0.5) is 0 Å². The first-order chi connectivity index (χ1) is 12.9. The van der Waals surface area contributed by atoms with Gasteiger partial charge in [-0.3, -0.25) is 14.4 Å². The molecular formula is C20H17NO6. The molecule has 138 valence electrons. The number of hydrogen-bond donors (Lipinski definition) is 2. The van der Waals surface area contributed by atoms with Crippen LogP contribution in [0, 0.1) is 0 Å². The van der Waals surface area contributed by atoms with E-state index in [0.717, 1.165) is 4.90 Å². The first-order valence-corrected chi connectivity index (χ1v) is 8.13. The lowest BCUT2D eigenvalue weighted by atomic mass is 9.95. The molecule has 1 heterocycles. The van der Waals surface area contributed by atoms with Gasteiger partial charge in [-0.2, -0.15) is 0 Å². The Hall–Kier alpha value is -3.61.